The summed E-state index contributed by atoms with van der Waals surface area (Å²) in [7, 11) is 0. The average Bonchev–Trinajstić information content (AvgIpc) is 2.41. The molecule has 2 heterocycles. The number of aryl methyl sites for hydroxylation is 1. The van der Waals surface area contributed by atoms with Crippen LogP contribution in [0.15, 0.2) is 11.2 Å². The van der Waals surface area contributed by atoms with Gasteiger partial charge in [-0.15, -0.1) is 0 Å². The monoisotopic (exact) mass is 194 g/mol. The number of nitrogens with zero attached hydrogens (tertiary/aromatic N) is 2. The summed E-state index contributed by atoms with van der Waals surface area (Å²) in [5.41, 5.74) is 0. The Bertz CT molecular complexity index is 312. The van der Waals surface area contributed by atoms with E-state index in [4.69, 9.17) is 0 Å². The third-order valence-corrected chi connectivity index (χ3v) is 2.52. The molecule has 0 aliphatic carbocycles. The van der Waals surface area contributed by atoms with Gasteiger partial charge in [-0.2, -0.15) is 0 Å². The molecule has 6 heteroatoms. The molecule has 0 N–H and O–H groups in total. The molecule has 0 aromatic carbocycles. The van der Waals surface area contributed by atoms with Crippen LogP contribution in [0.5, 0.6) is 0 Å². The van der Waals surface area contributed by atoms with E-state index in [1.807, 2.05) is 0 Å². The molecule has 2 rings (SSSR count). The summed E-state index contributed by atoms with van der Waals surface area (Å²) >= 11 is -2.13. The van der Waals surface area contributed by atoms with E-state index in [0.717, 1.165) is 25.2 Å². The van der Waals surface area contributed by atoms with Gasteiger partial charge in [-0.05, 0) is 17.5 Å². The van der Waals surface area contributed by atoms with E-state index in [1.165, 1.54) is 6.20 Å². The fraction of sp³-hybridized carbons (Fsp3) is 0.500. The number of aromatic nitrogens is 2. The van der Waals surface area contributed by atoms with Crippen molar-refractivity contribution in [2.24, 2.45) is 0 Å². The summed E-state index contributed by atoms with van der Waals surface area (Å²) in [6, 6.07) is 0. The third kappa shape index (κ3) is 1.65. The molecule has 0 amide bonds. The Hall–Kier alpha value is 0.320. The van der Waals surface area contributed by atoms with Gasteiger partial charge in [-0.1, -0.05) is 0 Å². The number of fused-ring (bicyclic) bond motifs is 1. The Labute approximate surface area is 95.0 Å². The Kier molecular flexibility index (Phi) is 3.48. The Balaban J connectivity index is 0.000000720. The second-order valence-corrected chi connectivity index (χ2v) is 3.39. The number of hydrogen-bond donors (Lipinski definition) is 0. The minimum absolute atomic E-state index is 0. The molecule has 12 heavy (non-hydrogen) atoms. The second kappa shape index (κ2) is 4.02. The van der Waals surface area contributed by atoms with Gasteiger partial charge in [0.25, 0.3) is 0 Å². The normalized spacial score (nSPS) is 16.8. The van der Waals surface area contributed by atoms with E-state index in [0.29, 0.717) is 5.03 Å². The molecule has 1 unspecified atom stereocenters. The summed E-state index contributed by atoms with van der Waals surface area (Å²) in [5, 5.41) is 0.317. The number of rotatable bonds is 1. The van der Waals surface area contributed by atoms with E-state index in [1.54, 1.807) is 4.57 Å². The van der Waals surface area contributed by atoms with Crippen molar-refractivity contribution in [3.63, 3.8) is 0 Å². The number of imidazole rings is 1. The van der Waals surface area contributed by atoms with E-state index >= 15 is 0 Å². The third-order valence-electron chi connectivity index (χ3n) is 1.85. The van der Waals surface area contributed by atoms with Gasteiger partial charge in [0, 0.05) is 13.0 Å². The molecular weight excluding hydrogens is 187 g/mol. The van der Waals surface area contributed by atoms with Crippen LogP contribution in [-0.2, 0) is 24.0 Å². The Morgan fingerprint density at radius 2 is 2.42 bits per heavy atom. The topological polar surface area (TPSA) is 57.9 Å². The molecular formula is C6H7N2NaO2S. The standard InChI is InChI=1S/C6H8N2O2S.Na/c9-11(10)6-4-7-5-2-1-3-8(5)6;/h4H,1-3H2,(H,9,10);/q;+1/p-1. The number of hydrogen-bond acceptors (Lipinski definition) is 3. The van der Waals surface area contributed by atoms with E-state index < -0.39 is 11.1 Å². The molecule has 0 saturated heterocycles. The van der Waals surface area contributed by atoms with Crippen LogP contribution >= 0.6 is 0 Å². The molecule has 0 radical (unpaired) electrons. The predicted molar refractivity (Wildman–Crippen MR) is 37.7 cm³/mol. The first-order valence-electron chi connectivity index (χ1n) is 3.42. The maximum Gasteiger partial charge on any atom is 1.00 e. The van der Waals surface area contributed by atoms with Gasteiger partial charge >= 0.3 is 29.6 Å². The van der Waals surface area contributed by atoms with Crippen LogP contribution in [0.1, 0.15) is 12.2 Å². The first kappa shape index (κ1) is 10.4. The molecule has 0 bridgehead atoms. The van der Waals surface area contributed by atoms with Crippen LogP contribution < -0.4 is 29.6 Å². The average molecular weight is 194 g/mol. The van der Waals surface area contributed by atoms with Crippen molar-refractivity contribution in [3.05, 3.63) is 12.0 Å². The second-order valence-electron chi connectivity index (χ2n) is 2.50. The van der Waals surface area contributed by atoms with E-state index in [2.05, 4.69) is 4.98 Å². The van der Waals surface area contributed by atoms with Crippen LogP contribution in [0.2, 0.25) is 0 Å². The van der Waals surface area contributed by atoms with Crippen LogP contribution in [0.4, 0.5) is 0 Å². The van der Waals surface area contributed by atoms with Crippen LogP contribution in [0.3, 0.4) is 0 Å². The molecule has 4 nitrogen and oxygen atoms in total. The van der Waals surface area contributed by atoms with Crippen molar-refractivity contribution in [1.82, 2.24) is 9.55 Å². The largest absolute Gasteiger partial charge is 1.00 e. The Morgan fingerprint density at radius 1 is 1.67 bits per heavy atom. The maximum absolute atomic E-state index is 10.6. The SMILES string of the molecule is O=S([O-])c1cnc2n1CCC2.[Na+]. The zero-order chi connectivity index (χ0) is 7.84. The summed E-state index contributed by atoms with van der Waals surface area (Å²) in [6.07, 6.45) is 3.32. The van der Waals surface area contributed by atoms with Gasteiger partial charge in [-0.25, -0.2) is 4.98 Å². The van der Waals surface area contributed by atoms with E-state index in [9.17, 15) is 8.76 Å². The van der Waals surface area contributed by atoms with Crippen molar-refractivity contribution in [2.75, 3.05) is 0 Å². The zero-order valence-corrected chi connectivity index (χ0v) is 9.63. The summed E-state index contributed by atoms with van der Waals surface area (Å²) in [6.45, 7) is 0.790. The summed E-state index contributed by atoms with van der Waals surface area (Å²) < 4.78 is 22.9. The molecule has 0 spiro atoms. The van der Waals surface area contributed by atoms with Crippen molar-refractivity contribution < 1.29 is 38.3 Å². The predicted octanol–water partition coefficient (Wildman–Crippen LogP) is -2.93. The molecule has 1 aromatic heterocycles. The molecule has 0 fully saturated rings. The fourth-order valence-corrected chi connectivity index (χ4v) is 1.88. The molecule has 1 aliphatic rings. The molecule has 0 saturated carbocycles. The molecule has 1 atom stereocenters. The van der Waals surface area contributed by atoms with Gasteiger partial charge in [0.2, 0.25) is 0 Å². The molecule has 60 valence electrons. The molecule has 1 aliphatic heterocycles. The quantitative estimate of drug-likeness (QED) is 0.355. The first-order valence-corrected chi connectivity index (χ1v) is 4.50. The van der Waals surface area contributed by atoms with Crippen molar-refractivity contribution in [3.8, 4) is 0 Å². The van der Waals surface area contributed by atoms with Crippen LogP contribution in [-0.4, -0.2) is 18.3 Å². The van der Waals surface area contributed by atoms with Gasteiger partial charge < -0.3 is 9.12 Å². The van der Waals surface area contributed by atoms with Gasteiger partial charge in [0.15, 0.2) is 0 Å². The summed E-state index contributed by atoms with van der Waals surface area (Å²) in [5.74, 6) is 0.893. The van der Waals surface area contributed by atoms with E-state index in [-0.39, 0.29) is 29.6 Å². The minimum atomic E-state index is -2.13. The first-order chi connectivity index (χ1) is 5.29. The minimum Gasteiger partial charge on any atom is -0.767 e. The molecule has 1 aromatic rings. The van der Waals surface area contributed by atoms with Crippen LogP contribution in [0, 0.1) is 0 Å². The van der Waals surface area contributed by atoms with Crippen molar-refractivity contribution in [1.29, 1.82) is 0 Å². The van der Waals surface area contributed by atoms with Crippen molar-refractivity contribution in [2.45, 2.75) is 24.4 Å². The van der Waals surface area contributed by atoms with Gasteiger partial charge in [-0.3, -0.25) is 4.21 Å². The van der Waals surface area contributed by atoms with Crippen molar-refractivity contribution >= 4 is 11.1 Å². The maximum atomic E-state index is 10.6. The Morgan fingerprint density at radius 3 is 3.08 bits per heavy atom. The summed E-state index contributed by atoms with van der Waals surface area (Å²) in [4.78, 5) is 3.99. The fourth-order valence-electron chi connectivity index (χ4n) is 1.36. The van der Waals surface area contributed by atoms with Crippen LogP contribution in [0.25, 0.3) is 0 Å². The van der Waals surface area contributed by atoms with Gasteiger partial charge in [0.05, 0.1) is 6.20 Å². The smallest absolute Gasteiger partial charge is 0.767 e. The van der Waals surface area contributed by atoms with Gasteiger partial charge in [0.1, 0.15) is 10.9 Å². The zero-order valence-electron chi connectivity index (χ0n) is 6.82.